The fourth-order valence-electron chi connectivity index (χ4n) is 4.66. The fourth-order valence-corrected chi connectivity index (χ4v) is 4.66. The Bertz CT molecular complexity index is 184. The Morgan fingerprint density at radius 1 is 1.00 bits per heavy atom. The van der Waals surface area contributed by atoms with E-state index in [9.17, 15) is 4.39 Å². The van der Waals surface area contributed by atoms with Crippen molar-refractivity contribution in [2.75, 3.05) is 0 Å². The molecule has 1 unspecified atom stereocenters. The summed E-state index contributed by atoms with van der Waals surface area (Å²) in [6.07, 6.45) is 7.33. The first kappa shape index (κ1) is 8.26. The van der Waals surface area contributed by atoms with Gasteiger partial charge in [0.1, 0.15) is 6.17 Å². The van der Waals surface area contributed by atoms with E-state index < -0.39 is 6.17 Å². The third kappa shape index (κ3) is 1.08. The highest BCUT2D eigenvalue weighted by Gasteiger charge is 2.53. The number of alkyl halides is 1. The third-order valence-electron chi connectivity index (χ3n) is 4.93. The molecule has 0 heterocycles. The topological polar surface area (TPSA) is 0 Å². The highest BCUT2D eigenvalue weighted by atomic mass is 19.1. The summed E-state index contributed by atoms with van der Waals surface area (Å²) < 4.78 is 13.6. The standard InChI is InChI=1S/C12H19F/c1-8(13)12-5-9-2-10(6-12)4-11(3-9)7-12/h8-11H,2-7H2,1H3. The normalized spacial score (nSPS) is 55.4. The van der Waals surface area contributed by atoms with Crippen LogP contribution < -0.4 is 0 Å². The summed E-state index contributed by atoms with van der Waals surface area (Å²) in [6.45, 7) is 1.80. The zero-order chi connectivity index (χ0) is 9.05. The molecule has 1 heteroatoms. The van der Waals surface area contributed by atoms with Gasteiger partial charge in [-0.2, -0.15) is 0 Å². The minimum Gasteiger partial charge on any atom is -0.247 e. The van der Waals surface area contributed by atoms with Crippen LogP contribution in [0.4, 0.5) is 4.39 Å². The maximum absolute atomic E-state index is 13.6. The van der Waals surface area contributed by atoms with E-state index in [2.05, 4.69) is 0 Å². The molecule has 13 heavy (non-hydrogen) atoms. The van der Waals surface area contributed by atoms with Gasteiger partial charge in [0, 0.05) is 5.41 Å². The van der Waals surface area contributed by atoms with Crippen LogP contribution in [0.2, 0.25) is 0 Å². The van der Waals surface area contributed by atoms with E-state index in [1.54, 1.807) is 6.92 Å². The van der Waals surface area contributed by atoms with Crippen molar-refractivity contribution in [3.05, 3.63) is 0 Å². The molecule has 4 aliphatic rings. The van der Waals surface area contributed by atoms with Gasteiger partial charge in [0.05, 0.1) is 0 Å². The minimum absolute atomic E-state index is 0.134. The fraction of sp³-hybridized carbons (Fsp3) is 1.00. The van der Waals surface area contributed by atoms with Crippen molar-refractivity contribution in [3.8, 4) is 0 Å². The Hall–Kier alpha value is -0.0700. The van der Waals surface area contributed by atoms with Crippen LogP contribution in [-0.2, 0) is 0 Å². The first-order valence-corrected chi connectivity index (χ1v) is 5.82. The molecule has 4 fully saturated rings. The zero-order valence-corrected chi connectivity index (χ0v) is 8.43. The average molecular weight is 182 g/mol. The molecule has 1 atom stereocenters. The molecule has 4 saturated carbocycles. The lowest BCUT2D eigenvalue weighted by Gasteiger charge is -2.57. The molecule has 0 aromatic carbocycles. The van der Waals surface area contributed by atoms with Gasteiger partial charge in [0.2, 0.25) is 0 Å². The van der Waals surface area contributed by atoms with E-state index >= 15 is 0 Å². The third-order valence-corrected chi connectivity index (χ3v) is 4.93. The molecule has 0 radical (unpaired) electrons. The zero-order valence-electron chi connectivity index (χ0n) is 8.43. The van der Waals surface area contributed by atoms with Crippen LogP contribution in [0.3, 0.4) is 0 Å². The number of halogens is 1. The monoisotopic (exact) mass is 182 g/mol. The number of rotatable bonds is 1. The molecule has 0 nitrogen and oxygen atoms in total. The molecule has 0 aliphatic heterocycles. The summed E-state index contributed by atoms with van der Waals surface area (Å²) in [6, 6.07) is 0. The van der Waals surface area contributed by atoms with Gasteiger partial charge in [-0.15, -0.1) is 0 Å². The van der Waals surface area contributed by atoms with Gasteiger partial charge in [-0.25, -0.2) is 4.39 Å². The second-order valence-corrected chi connectivity index (χ2v) is 5.90. The Morgan fingerprint density at radius 2 is 1.38 bits per heavy atom. The highest BCUT2D eigenvalue weighted by molar-refractivity contribution is 5.03. The quantitative estimate of drug-likeness (QED) is 0.581. The van der Waals surface area contributed by atoms with Crippen LogP contribution in [0.15, 0.2) is 0 Å². The Morgan fingerprint density at radius 3 is 1.69 bits per heavy atom. The molecule has 0 amide bonds. The van der Waals surface area contributed by atoms with Gasteiger partial charge >= 0.3 is 0 Å². The van der Waals surface area contributed by atoms with Crippen LogP contribution in [0.1, 0.15) is 45.4 Å². The smallest absolute Gasteiger partial charge is 0.103 e. The van der Waals surface area contributed by atoms with Gasteiger partial charge in [-0.3, -0.25) is 0 Å². The molecule has 0 aromatic heterocycles. The molecule has 0 aromatic rings. The lowest BCUT2D eigenvalue weighted by molar-refractivity contribution is -0.0903. The second kappa shape index (κ2) is 2.49. The van der Waals surface area contributed by atoms with E-state index in [0.717, 1.165) is 17.8 Å². The Labute approximate surface area is 79.9 Å². The molecule has 4 bridgehead atoms. The number of hydrogen-bond acceptors (Lipinski definition) is 0. The molecule has 0 saturated heterocycles. The van der Waals surface area contributed by atoms with E-state index in [4.69, 9.17) is 0 Å². The molecular formula is C12H19F. The van der Waals surface area contributed by atoms with Crippen molar-refractivity contribution in [2.24, 2.45) is 23.2 Å². The Kier molecular flexibility index (Phi) is 1.58. The van der Waals surface area contributed by atoms with E-state index in [-0.39, 0.29) is 5.41 Å². The van der Waals surface area contributed by atoms with Gasteiger partial charge < -0.3 is 0 Å². The van der Waals surface area contributed by atoms with Gasteiger partial charge in [0.25, 0.3) is 0 Å². The molecule has 74 valence electrons. The predicted octanol–water partition coefficient (Wildman–Crippen LogP) is 3.56. The van der Waals surface area contributed by atoms with Crippen molar-refractivity contribution in [1.29, 1.82) is 0 Å². The largest absolute Gasteiger partial charge is 0.247 e. The maximum atomic E-state index is 13.6. The summed E-state index contributed by atoms with van der Waals surface area (Å²) in [7, 11) is 0. The highest BCUT2D eigenvalue weighted by Crippen LogP contribution is 2.61. The van der Waals surface area contributed by atoms with E-state index in [0.29, 0.717) is 0 Å². The molecule has 4 rings (SSSR count). The first-order chi connectivity index (χ1) is 6.18. The van der Waals surface area contributed by atoms with Crippen molar-refractivity contribution >= 4 is 0 Å². The lowest BCUT2D eigenvalue weighted by Crippen LogP contribution is -2.49. The minimum atomic E-state index is -0.555. The second-order valence-electron chi connectivity index (χ2n) is 5.90. The van der Waals surface area contributed by atoms with Crippen molar-refractivity contribution in [2.45, 2.75) is 51.6 Å². The SMILES string of the molecule is CC(F)C12CC3CC(CC(C3)C1)C2. The van der Waals surface area contributed by atoms with Crippen LogP contribution in [0.25, 0.3) is 0 Å². The Balaban J connectivity index is 1.91. The summed E-state index contributed by atoms with van der Waals surface area (Å²) in [4.78, 5) is 0. The summed E-state index contributed by atoms with van der Waals surface area (Å²) in [5.74, 6) is 2.68. The summed E-state index contributed by atoms with van der Waals surface area (Å²) in [5, 5.41) is 0. The molecule has 0 N–H and O–H groups in total. The molecular weight excluding hydrogens is 163 g/mol. The van der Waals surface area contributed by atoms with Crippen LogP contribution in [-0.4, -0.2) is 6.17 Å². The lowest BCUT2D eigenvalue weighted by atomic mass is 9.48. The summed E-state index contributed by atoms with van der Waals surface area (Å²) >= 11 is 0. The van der Waals surface area contributed by atoms with Crippen molar-refractivity contribution < 1.29 is 4.39 Å². The van der Waals surface area contributed by atoms with Crippen molar-refractivity contribution in [3.63, 3.8) is 0 Å². The molecule has 0 spiro atoms. The maximum Gasteiger partial charge on any atom is 0.103 e. The average Bonchev–Trinajstić information content (AvgIpc) is 2.00. The summed E-state index contributed by atoms with van der Waals surface area (Å²) in [5.41, 5.74) is 0.134. The number of hydrogen-bond donors (Lipinski definition) is 0. The molecule has 4 aliphatic carbocycles. The first-order valence-electron chi connectivity index (χ1n) is 5.82. The van der Waals surface area contributed by atoms with Gasteiger partial charge in [-0.1, -0.05) is 0 Å². The van der Waals surface area contributed by atoms with E-state index in [1.807, 2.05) is 0 Å². The predicted molar refractivity (Wildman–Crippen MR) is 51.2 cm³/mol. The van der Waals surface area contributed by atoms with Crippen LogP contribution in [0, 0.1) is 23.2 Å². The van der Waals surface area contributed by atoms with Gasteiger partial charge in [0.15, 0.2) is 0 Å². The van der Waals surface area contributed by atoms with Gasteiger partial charge in [-0.05, 0) is 63.2 Å². The van der Waals surface area contributed by atoms with Crippen LogP contribution in [0.5, 0.6) is 0 Å². The van der Waals surface area contributed by atoms with E-state index in [1.165, 1.54) is 38.5 Å². The van der Waals surface area contributed by atoms with Crippen molar-refractivity contribution in [1.82, 2.24) is 0 Å². The van der Waals surface area contributed by atoms with Crippen LogP contribution >= 0.6 is 0 Å².